The van der Waals surface area contributed by atoms with Gasteiger partial charge in [0.2, 0.25) is 11.7 Å². The molecule has 4 rings (SSSR count). The summed E-state index contributed by atoms with van der Waals surface area (Å²) < 4.78 is 7.71. The fourth-order valence-electron chi connectivity index (χ4n) is 3.29. The van der Waals surface area contributed by atoms with Crippen molar-refractivity contribution >= 4 is 27.5 Å². The number of rotatable bonds is 5. The molecule has 0 bridgehead atoms. The third-order valence-corrected chi connectivity index (χ3v) is 5.33. The second-order valence-corrected chi connectivity index (χ2v) is 7.99. The van der Waals surface area contributed by atoms with Gasteiger partial charge >= 0.3 is 0 Å². The monoisotopic (exact) mass is 478 g/mol. The van der Waals surface area contributed by atoms with E-state index in [0.717, 1.165) is 10.0 Å². The summed E-state index contributed by atoms with van der Waals surface area (Å²) in [6, 6.07) is 18.4. The number of amides is 1. The third kappa shape index (κ3) is 4.49. The van der Waals surface area contributed by atoms with Crippen molar-refractivity contribution in [3.05, 3.63) is 86.7 Å². The van der Waals surface area contributed by atoms with E-state index < -0.39 is 0 Å². The summed E-state index contributed by atoms with van der Waals surface area (Å²) in [5.74, 6) is 0.218. The SMILES string of the molecule is Cc1cc(C)n(CC(=O)Nc2ccc(Br)cc2)c(=O)c1-c1nc(-c2ccccc2)no1. The number of aryl methyl sites for hydroxylation is 2. The van der Waals surface area contributed by atoms with Gasteiger partial charge in [0.15, 0.2) is 0 Å². The zero-order valence-corrected chi connectivity index (χ0v) is 18.5. The van der Waals surface area contributed by atoms with Crippen LogP contribution in [0, 0.1) is 13.8 Å². The van der Waals surface area contributed by atoms with Crippen molar-refractivity contribution in [2.75, 3.05) is 5.32 Å². The first-order valence-corrected chi connectivity index (χ1v) is 10.4. The molecule has 2 aromatic carbocycles. The Bertz CT molecular complexity index is 1290. The van der Waals surface area contributed by atoms with Crippen LogP contribution in [0.2, 0.25) is 0 Å². The Hall–Kier alpha value is -3.52. The second-order valence-electron chi connectivity index (χ2n) is 7.08. The van der Waals surface area contributed by atoms with Gasteiger partial charge in [-0.3, -0.25) is 9.59 Å². The molecule has 8 heteroatoms. The lowest BCUT2D eigenvalue weighted by atomic mass is 10.1. The summed E-state index contributed by atoms with van der Waals surface area (Å²) in [6.45, 7) is 3.46. The van der Waals surface area contributed by atoms with Crippen molar-refractivity contribution in [3.8, 4) is 22.8 Å². The van der Waals surface area contributed by atoms with Crippen LogP contribution in [-0.2, 0) is 11.3 Å². The number of aromatic nitrogens is 3. The number of pyridine rings is 1. The predicted octanol–water partition coefficient (Wildman–Crippen LogP) is 4.58. The molecule has 0 saturated carbocycles. The number of nitrogens with zero attached hydrogens (tertiary/aromatic N) is 3. The Morgan fingerprint density at radius 2 is 1.81 bits per heavy atom. The molecular formula is C23H19BrN4O3. The number of benzene rings is 2. The topological polar surface area (TPSA) is 90.0 Å². The van der Waals surface area contributed by atoms with Gasteiger partial charge < -0.3 is 14.4 Å². The summed E-state index contributed by atoms with van der Waals surface area (Å²) >= 11 is 3.36. The number of anilines is 1. The molecule has 0 unspecified atom stereocenters. The Kier molecular flexibility index (Phi) is 5.81. The van der Waals surface area contributed by atoms with Gasteiger partial charge in [0, 0.05) is 21.4 Å². The molecule has 0 aliphatic carbocycles. The zero-order chi connectivity index (χ0) is 22.0. The summed E-state index contributed by atoms with van der Waals surface area (Å²) in [4.78, 5) is 30.2. The van der Waals surface area contributed by atoms with Gasteiger partial charge in [-0.25, -0.2) is 0 Å². The zero-order valence-electron chi connectivity index (χ0n) is 16.9. The molecule has 1 amide bonds. The summed E-state index contributed by atoms with van der Waals surface area (Å²) in [5.41, 5.74) is 2.74. The van der Waals surface area contributed by atoms with E-state index in [1.165, 1.54) is 4.57 Å². The van der Waals surface area contributed by atoms with Crippen molar-refractivity contribution in [1.29, 1.82) is 0 Å². The Morgan fingerprint density at radius 1 is 1.10 bits per heavy atom. The first-order valence-electron chi connectivity index (χ1n) is 9.58. The molecule has 0 atom stereocenters. The number of hydrogen-bond acceptors (Lipinski definition) is 5. The smallest absolute Gasteiger partial charge is 0.264 e. The Morgan fingerprint density at radius 3 is 2.52 bits per heavy atom. The lowest BCUT2D eigenvalue weighted by Gasteiger charge is -2.13. The van der Waals surface area contributed by atoms with Crippen molar-refractivity contribution in [2.24, 2.45) is 0 Å². The van der Waals surface area contributed by atoms with Crippen LogP contribution in [0.25, 0.3) is 22.8 Å². The van der Waals surface area contributed by atoms with Crippen molar-refractivity contribution in [2.45, 2.75) is 20.4 Å². The molecule has 0 saturated heterocycles. The molecule has 156 valence electrons. The molecule has 0 radical (unpaired) electrons. The molecule has 7 nitrogen and oxygen atoms in total. The van der Waals surface area contributed by atoms with Gasteiger partial charge in [-0.05, 0) is 49.7 Å². The average Bonchev–Trinajstić information content (AvgIpc) is 3.23. The first kappa shape index (κ1) is 20.7. The minimum Gasteiger partial charge on any atom is -0.333 e. The first-order chi connectivity index (χ1) is 14.9. The lowest BCUT2D eigenvalue weighted by Crippen LogP contribution is -2.30. The summed E-state index contributed by atoms with van der Waals surface area (Å²) in [5, 5.41) is 6.80. The van der Waals surface area contributed by atoms with E-state index in [4.69, 9.17) is 4.52 Å². The van der Waals surface area contributed by atoms with Crippen LogP contribution < -0.4 is 10.9 Å². The molecular weight excluding hydrogens is 460 g/mol. The quantitative estimate of drug-likeness (QED) is 0.453. The molecule has 0 aliphatic rings. The van der Waals surface area contributed by atoms with Gasteiger partial charge in [-0.1, -0.05) is 51.4 Å². The second kappa shape index (κ2) is 8.69. The predicted molar refractivity (Wildman–Crippen MR) is 122 cm³/mol. The third-order valence-electron chi connectivity index (χ3n) is 4.81. The molecule has 2 aromatic heterocycles. The molecule has 31 heavy (non-hydrogen) atoms. The van der Waals surface area contributed by atoms with Crippen molar-refractivity contribution in [3.63, 3.8) is 0 Å². The van der Waals surface area contributed by atoms with E-state index >= 15 is 0 Å². The van der Waals surface area contributed by atoms with Gasteiger partial charge in [0.05, 0.1) is 0 Å². The molecule has 4 aromatic rings. The van der Waals surface area contributed by atoms with Crippen LogP contribution in [0.1, 0.15) is 11.3 Å². The molecule has 1 N–H and O–H groups in total. The molecule has 0 aliphatic heterocycles. The maximum Gasteiger partial charge on any atom is 0.264 e. The summed E-state index contributed by atoms with van der Waals surface area (Å²) in [7, 11) is 0. The van der Waals surface area contributed by atoms with E-state index in [1.54, 1.807) is 19.1 Å². The van der Waals surface area contributed by atoms with Gasteiger partial charge in [-0.2, -0.15) is 4.98 Å². The lowest BCUT2D eigenvalue weighted by molar-refractivity contribution is -0.116. The minimum absolute atomic E-state index is 0.128. The average molecular weight is 479 g/mol. The van der Waals surface area contributed by atoms with Crippen molar-refractivity contribution < 1.29 is 9.32 Å². The maximum atomic E-state index is 13.2. The molecule has 2 heterocycles. The van der Waals surface area contributed by atoms with Crippen LogP contribution in [0.4, 0.5) is 5.69 Å². The number of carbonyl (C=O) groups is 1. The van der Waals surface area contributed by atoms with Crippen LogP contribution in [0.3, 0.4) is 0 Å². The number of halogens is 1. The number of nitrogens with one attached hydrogen (secondary N) is 1. The highest BCUT2D eigenvalue weighted by Gasteiger charge is 2.20. The van der Waals surface area contributed by atoms with E-state index in [9.17, 15) is 9.59 Å². The van der Waals surface area contributed by atoms with E-state index in [0.29, 0.717) is 22.8 Å². The molecule has 0 spiro atoms. The van der Waals surface area contributed by atoms with Crippen molar-refractivity contribution in [1.82, 2.24) is 14.7 Å². The number of hydrogen-bond donors (Lipinski definition) is 1. The van der Waals surface area contributed by atoms with E-state index in [-0.39, 0.29) is 29.5 Å². The molecule has 0 fully saturated rings. The minimum atomic E-state index is -0.355. The van der Waals surface area contributed by atoms with Gasteiger partial charge in [-0.15, -0.1) is 0 Å². The number of carbonyl (C=O) groups excluding carboxylic acids is 1. The van der Waals surface area contributed by atoms with Crippen LogP contribution in [0.15, 0.2) is 74.5 Å². The normalized spacial score (nSPS) is 10.8. The summed E-state index contributed by atoms with van der Waals surface area (Å²) in [6.07, 6.45) is 0. The highest BCUT2D eigenvalue weighted by Crippen LogP contribution is 2.23. The fraction of sp³-hybridized carbons (Fsp3) is 0.130. The van der Waals surface area contributed by atoms with E-state index in [1.807, 2.05) is 55.5 Å². The standard InChI is InChI=1S/C23H19BrN4O3/c1-14-12-15(2)28(13-19(29)25-18-10-8-17(24)9-11-18)23(30)20(14)22-26-21(27-31-22)16-6-4-3-5-7-16/h3-12H,13H2,1-2H3,(H,25,29). The largest absolute Gasteiger partial charge is 0.333 e. The van der Waals surface area contributed by atoms with E-state index in [2.05, 4.69) is 31.4 Å². The fourth-order valence-corrected chi connectivity index (χ4v) is 3.56. The maximum absolute atomic E-state index is 13.2. The van der Waals surface area contributed by atoms with Gasteiger partial charge in [0.25, 0.3) is 11.4 Å². The van der Waals surface area contributed by atoms with Crippen LogP contribution in [-0.4, -0.2) is 20.6 Å². The van der Waals surface area contributed by atoms with Gasteiger partial charge in [0.1, 0.15) is 12.1 Å². The highest BCUT2D eigenvalue weighted by molar-refractivity contribution is 9.10. The van der Waals surface area contributed by atoms with Crippen LogP contribution >= 0.6 is 15.9 Å². The van der Waals surface area contributed by atoms with Crippen LogP contribution in [0.5, 0.6) is 0 Å². The highest BCUT2D eigenvalue weighted by atomic mass is 79.9. The Balaban J connectivity index is 1.64. The Labute approximate surface area is 186 Å².